The van der Waals surface area contributed by atoms with Crippen LogP contribution in [-0.4, -0.2) is 55.5 Å². The fourth-order valence-corrected chi connectivity index (χ4v) is 3.59. The Morgan fingerprint density at radius 2 is 1.70 bits per heavy atom. The SMILES string of the molecule is CN1CCN(CCCCC(=O)Nc2ccc(-c3ccccc3Cl)cc2)CC1. The summed E-state index contributed by atoms with van der Waals surface area (Å²) in [4.78, 5) is 17.0. The van der Waals surface area contributed by atoms with Crippen LogP contribution in [0.25, 0.3) is 11.1 Å². The summed E-state index contributed by atoms with van der Waals surface area (Å²) in [6.07, 6.45) is 2.57. The van der Waals surface area contributed by atoms with Gasteiger partial charge in [0.1, 0.15) is 0 Å². The molecule has 1 aliphatic heterocycles. The molecule has 4 nitrogen and oxygen atoms in total. The van der Waals surface area contributed by atoms with Gasteiger partial charge in [-0.3, -0.25) is 4.79 Å². The van der Waals surface area contributed by atoms with Crippen LogP contribution >= 0.6 is 11.6 Å². The number of hydrogen-bond acceptors (Lipinski definition) is 3. The highest BCUT2D eigenvalue weighted by Crippen LogP contribution is 2.28. The van der Waals surface area contributed by atoms with Gasteiger partial charge >= 0.3 is 0 Å². The lowest BCUT2D eigenvalue weighted by Crippen LogP contribution is -2.44. The van der Waals surface area contributed by atoms with Crippen molar-refractivity contribution in [2.24, 2.45) is 0 Å². The van der Waals surface area contributed by atoms with Gasteiger partial charge in [0.25, 0.3) is 0 Å². The second kappa shape index (κ2) is 9.88. The first-order valence-corrected chi connectivity index (χ1v) is 10.1. The van der Waals surface area contributed by atoms with Crippen LogP contribution in [0.3, 0.4) is 0 Å². The van der Waals surface area contributed by atoms with E-state index < -0.39 is 0 Å². The largest absolute Gasteiger partial charge is 0.326 e. The predicted octanol–water partition coefficient (Wildman–Crippen LogP) is 4.36. The number of hydrogen-bond donors (Lipinski definition) is 1. The maximum atomic E-state index is 12.2. The Bertz CT molecular complexity index is 739. The second-order valence-electron chi connectivity index (χ2n) is 7.21. The summed E-state index contributed by atoms with van der Waals surface area (Å²) in [5.74, 6) is 0.0823. The van der Waals surface area contributed by atoms with Gasteiger partial charge in [0.15, 0.2) is 0 Å². The first-order valence-electron chi connectivity index (χ1n) is 9.67. The van der Waals surface area contributed by atoms with Crippen molar-refractivity contribution in [1.82, 2.24) is 9.80 Å². The smallest absolute Gasteiger partial charge is 0.224 e. The van der Waals surface area contributed by atoms with E-state index in [4.69, 9.17) is 11.6 Å². The van der Waals surface area contributed by atoms with Crippen LogP contribution < -0.4 is 5.32 Å². The van der Waals surface area contributed by atoms with Crippen molar-refractivity contribution in [1.29, 1.82) is 0 Å². The van der Waals surface area contributed by atoms with Gasteiger partial charge in [-0.1, -0.05) is 41.9 Å². The Labute approximate surface area is 167 Å². The van der Waals surface area contributed by atoms with E-state index in [9.17, 15) is 4.79 Å². The monoisotopic (exact) mass is 385 g/mol. The number of piperazine rings is 1. The highest BCUT2D eigenvalue weighted by Gasteiger charge is 2.13. The van der Waals surface area contributed by atoms with Crippen LogP contribution in [0.5, 0.6) is 0 Å². The van der Waals surface area contributed by atoms with Crippen LogP contribution in [0.4, 0.5) is 5.69 Å². The number of unbranched alkanes of at least 4 members (excludes halogenated alkanes) is 1. The van der Waals surface area contributed by atoms with Gasteiger partial charge in [-0.2, -0.15) is 0 Å². The Balaban J connectivity index is 1.40. The van der Waals surface area contributed by atoms with Crippen LogP contribution in [0.1, 0.15) is 19.3 Å². The lowest BCUT2D eigenvalue weighted by molar-refractivity contribution is -0.116. The molecule has 144 valence electrons. The molecule has 1 amide bonds. The van der Waals surface area contributed by atoms with Gasteiger partial charge in [-0.25, -0.2) is 0 Å². The zero-order valence-corrected chi connectivity index (χ0v) is 16.7. The van der Waals surface area contributed by atoms with Gasteiger partial charge in [0.05, 0.1) is 0 Å². The molecule has 1 aliphatic rings. The number of carbonyl (C=O) groups excluding carboxylic acids is 1. The molecule has 3 rings (SSSR count). The highest BCUT2D eigenvalue weighted by atomic mass is 35.5. The summed E-state index contributed by atoms with van der Waals surface area (Å²) in [5, 5.41) is 3.72. The molecule has 0 radical (unpaired) electrons. The molecular weight excluding hydrogens is 358 g/mol. The minimum absolute atomic E-state index is 0.0823. The van der Waals surface area contributed by atoms with E-state index in [0.717, 1.165) is 67.4 Å². The summed E-state index contributed by atoms with van der Waals surface area (Å²) in [6, 6.07) is 15.6. The molecule has 5 heteroatoms. The Morgan fingerprint density at radius 3 is 2.41 bits per heavy atom. The topological polar surface area (TPSA) is 35.6 Å². The fourth-order valence-electron chi connectivity index (χ4n) is 3.34. The number of benzene rings is 2. The van der Waals surface area contributed by atoms with Crippen molar-refractivity contribution >= 4 is 23.2 Å². The first-order chi connectivity index (χ1) is 13.1. The van der Waals surface area contributed by atoms with Crippen molar-refractivity contribution in [3.05, 3.63) is 53.6 Å². The van der Waals surface area contributed by atoms with Crippen LogP contribution in [0.15, 0.2) is 48.5 Å². The standard InChI is InChI=1S/C22H28ClN3O/c1-25-14-16-26(17-15-25)13-5-4-8-22(27)24-19-11-9-18(10-12-19)20-6-2-3-7-21(20)23/h2-3,6-7,9-12H,4-5,8,13-17H2,1H3,(H,24,27). The van der Waals surface area contributed by atoms with E-state index >= 15 is 0 Å². The lowest BCUT2D eigenvalue weighted by atomic mass is 10.1. The van der Waals surface area contributed by atoms with Gasteiger partial charge in [0, 0.05) is 48.9 Å². The third kappa shape index (κ3) is 6.06. The number of nitrogens with one attached hydrogen (secondary N) is 1. The number of halogens is 1. The molecule has 0 aromatic heterocycles. The van der Waals surface area contributed by atoms with E-state index in [2.05, 4.69) is 22.2 Å². The third-order valence-electron chi connectivity index (χ3n) is 5.08. The second-order valence-corrected chi connectivity index (χ2v) is 7.61. The van der Waals surface area contributed by atoms with Crippen molar-refractivity contribution in [2.45, 2.75) is 19.3 Å². The van der Waals surface area contributed by atoms with E-state index in [0.29, 0.717) is 6.42 Å². The van der Waals surface area contributed by atoms with E-state index in [1.807, 2.05) is 48.5 Å². The van der Waals surface area contributed by atoms with E-state index in [-0.39, 0.29) is 5.91 Å². The molecule has 2 aromatic rings. The number of likely N-dealkylation sites (N-methyl/N-ethyl adjacent to an activating group) is 1. The van der Waals surface area contributed by atoms with Crippen molar-refractivity contribution in [3.8, 4) is 11.1 Å². The van der Waals surface area contributed by atoms with Crippen LogP contribution in [0, 0.1) is 0 Å². The molecule has 1 fully saturated rings. The van der Waals surface area contributed by atoms with Gasteiger partial charge < -0.3 is 15.1 Å². The minimum Gasteiger partial charge on any atom is -0.326 e. The zero-order chi connectivity index (χ0) is 19.1. The predicted molar refractivity (Wildman–Crippen MR) is 113 cm³/mol. The molecule has 0 bridgehead atoms. The molecule has 0 unspecified atom stereocenters. The Hall–Kier alpha value is -1.88. The van der Waals surface area contributed by atoms with Crippen LogP contribution in [-0.2, 0) is 4.79 Å². The summed E-state index contributed by atoms with van der Waals surface area (Å²) >= 11 is 6.24. The molecule has 0 atom stereocenters. The molecule has 1 N–H and O–H groups in total. The minimum atomic E-state index is 0.0823. The molecule has 0 saturated carbocycles. The molecule has 27 heavy (non-hydrogen) atoms. The molecule has 1 heterocycles. The van der Waals surface area contributed by atoms with Crippen molar-refractivity contribution in [3.63, 3.8) is 0 Å². The summed E-state index contributed by atoms with van der Waals surface area (Å²) in [5.41, 5.74) is 2.88. The average Bonchev–Trinajstić information content (AvgIpc) is 2.68. The zero-order valence-electron chi connectivity index (χ0n) is 16.0. The molecule has 1 saturated heterocycles. The molecular formula is C22H28ClN3O. The number of nitrogens with zero attached hydrogens (tertiary/aromatic N) is 2. The van der Waals surface area contributed by atoms with Crippen LogP contribution in [0.2, 0.25) is 5.02 Å². The van der Waals surface area contributed by atoms with Gasteiger partial charge in [0.2, 0.25) is 5.91 Å². The fraction of sp³-hybridized carbons (Fsp3) is 0.409. The molecule has 0 aliphatic carbocycles. The van der Waals surface area contributed by atoms with Gasteiger partial charge in [-0.05, 0) is 50.2 Å². The van der Waals surface area contributed by atoms with Crippen molar-refractivity contribution < 1.29 is 4.79 Å². The van der Waals surface area contributed by atoms with E-state index in [1.165, 1.54) is 0 Å². The lowest BCUT2D eigenvalue weighted by Gasteiger charge is -2.32. The maximum Gasteiger partial charge on any atom is 0.224 e. The summed E-state index contributed by atoms with van der Waals surface area (Å²) in [6.45, 7) is 5.66. The number of rotatable bonds is 7. The van der Waals surface area contributed by atoms with Gasteiger partial charge in [-0.15, -0.1) is 0 Å². The summed E-state index contributed by atoms with van der Waals surface area (Å²) in [7, 11) is 2.17. The maximum absolute atomic E-state index is 12.2. The Kier molecular flexibility index (Phi) is 7.27. The number of carbonyl (C=O) groups is 1. The normalized spacial score (nSPS) is 15.6. The quantitative estimate of drug-likeness (QED) is 0.719. The van der Waals surface area contributed by atoms with E-state index in [1.54, 1.807) is 0 Å². The number of anilines is 1. The third-order valence-corrected chi connectivity index (χ3v) is 5.41. The summed E-state index contributed by atoms with van der Waals surface area (Å²) < 4.78 is 0. The highest BCUT2D eigenvalue weighted by molar-refractivity contribution is 6.33. The first kappa shape index (κ1) is 19.9. The average molecular weight is 386 g/mol. The number of amides is 1. The Morgan fingerprint density at radius 1 is 1.00 bits per heavy atom. The molecule has 0 spiro atoms. The van der Waals surface area contributed by atoms with Crippen molar-refractivity contribution in [2.75, 3.05) is 45.1 Å². The molecule has 2 aromatic carbocycles.